The van der Waals surface area contributed by atoms with Crippen molar-refractivity contribution in [3.8, 4) is 0 Å². The van der Waals surface area contributed by atoms with Crippen molar-refractivity contribution in [2.45, 2.75) is 25.0 Å². The van der Waals surface area contributed by atoms with Crippen molar-refractivity contribution in [1.82, 2.24) is 9.80 Å². The minimum absolute atomic E-state index is 0.0958. The number of likely N-dealkylation sites (tertiary alicyclic amines) is 1. The third kappa shape index (κ3) is 4.30. The molecule has 2 unspecified atom stereocenters. The van der Waals surface area contributed by atoms with Gasteiger partial charge in [-0.3, -0.25) is 9.59 Å². The summed E-state index contributed by atoms with van der Waals surface area (Å²) in [7, 11) is 3.27. The number of aliphatic hydroxyl groups is 1. The molecule has 132 valence electrons. The molecule has 1 aromatic rings. The minimum atomic E-state index is -0.740. The van der Waals surface area contributed by atoms with Gasteiger partial charge in [0.15, 0.2) is 0 Å². The second-order valence-electron chi connectivity index (χ2n) is 5.98. The van der Waals surface area contributed by atoms with E-state index >= 15 is 0 Å². The Kier molecular flexibility index (Phi) is 6.28. The highest BCUT2D eigenvalue weighted by Gasteiger charge is 2.40. The summed E-state index contributed by atoms with van der Waals surface area (Å²) in [6.07, 6.45) is 0.163. The Morgan fingerprint density at radius 1 is 1.38 bits per heavy atom. The number of ether oxygens (including phenoxy) is 1. The second kappa shape index (κ2) is 8.21. The molecule has 0 spiro atoms. The van der Waals surface area contributed by atoms with E-state index in [4.69, 9.17) is 4.74 Å². The molecule has 2 atom stereocenters. The van der Waals surface area contributed by atoms with Gasteiger partial charge in [0.2, 0.25) is 5.91 Å². The van der Waals surface area contributed by atoms with Gasteiger partial charge in [0, 0.05) is 45.8 Å². The molecule has 7 heteroatoms. The summed E-state index contributed by atoms with van der Waals surface area (Å²) >= 11 is 0. The zero-order valence-corrected chi connectivity index (χ0v) is 13.9. The van der Waals surface area contributed by atoms with Crippen LogP contribution >= 0.6 is 0 Å². The van der Waals surface area contributed by atoms with Crippen LogP contribution in [0, 0.1) is 5.82 Å². The summed E-state index contributed by atoms with van der Waals surface area (Å²) in [4.78, 5) is 28.1. The summed E-state index contributed by atoms with van der Waals surface area (Å²) < 4.78 is 18.0. The Hall–Kier alpha value is -1.99. The van der Waals surface area contributed by atoms with Crippen molar-refractivity contribution >= 4 is 11.8 Å². The second-order valence-corrected chi connectivity index (χ2v) is 5.98. The number of hydrogen-bond donors (Lipinski definition) is 1. The van der Waals surface area contributed by atoms with Gasteiger partial charge in [0.05, 0.1) is 6.10 Å². The van der Waals surface area contributed by atoms with E-state index in [1.165, 1.54) is 29.2 Å². The van der Waals surface area contributed by atoms with Crippen molar-refractivity contribution in [3.63, 3.8) is 0 Å². The predicted molar refractivity (Wildman–Crippen MR) is 86.0 cm³/mol. The molecule has 0 aliphatic carbocycles. The van der Waals surface area contributed by atoms with E-state index in [2.05, 4.69) is 0 Å². The van der Waals surface area contributed by atoms with Gasteiger partial charge in [0.1, 0.15) is 11.9 Å². The van der Waals surface area contributed by atoms with Gasteiger partial charge in [0.25, 0.3) is 5.91 Å². The third-order valence-corrected chi connectivity index (χ3v) is 4.13. The first-order valence-corrected chi connectivity index (χ1v) is 7.92. The van der Waals surface area contributed by atoms with Gasteiger partial charge >= 0.3 is 0 Å². The SMILES string of the molecule is COCCCN(C)C(=O)C1CC(O)CN1C(=O)c1ccc(F)cc1. The fourth-order valence-electron chi connectivity index (χ4n) is 2.84. The van der Waals surface area contributed by atoms with Gasteiger partial charge in [-0.1, -0.05) is 0 Å². The van der Waals surface area contributed by atoms with Gasteiger partial charge in [-0.05, 0) is 30.7 Å². The Labute approximate surface area is 140 Å². The lowest BCUT2D eigenvalue weighted by Gasteiger charge is -2.28. The Bertz CT molecular complexity index is 578. The highest BCUT2D eigenvalue weighted by molar-refractivity contribution is 5.98. The van der Waals surface area contributed by atoms with Crippen LogP contribution in [0.1, 0.15) is 23.2 Å². The first kappa shape index (κ1) is 18.4. The standard InChI is InChI=1S/C17H23FN2O4/c1-19(8-3-9-24-2)17(23)15-10-14(21)11-20(15)16(22)12-4-6-13(18)7-5-12/h4-7,14-15,21H,3,8-11H2,1-2H3. The molecule has 0 bridgehead atoms. The number of likely N-dealkylation sites (N-methyl/N-ethyl adjacent to an activating group) is 1. The molecular formula is C17H23FN2O4. The molecule has 0 radical (unpaired) electrons. The number of amides is 2. The van der Waals surface area contributed by atoms with Crippen LogP contribution < -0.4 is 0 Å². The van der Waals surface area contributed by atoms with Gasteiger partial charge in [-0.15, -0.1) is 0 Å². The van der Waals surface area contributed by atoms with E-state index < -0.39 is 18.0 Å². The molecule has 1 aliphatic rings. The molecule has 2 amide bonds. The molecule has 1 saturated heterocycles. The zero-order valence-electron chi connectivity index (χ0n) is 13.9. The Balaban J connectivity index is 2.08. The van der Waals surface area contributed by atoms with Gasteiger partial charge in [-0.25, -0.2) is 4.39 Å². The maximum Gasteiger partial charge on any atom is 0.254 e. The number of benzene rings is 1. The molecule has 1 heterocycles. The number of rotatable bonds is 6. The molecule has 0 aromatic heterocycles. The summed E-state index contributed by atoms with van der Waals surface area (Å²) in [6.45, 7) is 1.15. The Morgan fingerprint density at radius 3 is 2.67 bits per heavy atom. The van der Waals surface area contributed by atoms with Gasteiger partial charge in [-0.2, -0.15) is 0 Å². The number of halogens is 1. The average molecular weight is 338 g/mol. The Morgan fingerprint density at radius 2 is 2.04 bits per heavy atom. The molecule has 1 N–H and O–H groups in total. The quantitative estimate of drug-likeness (QED) is 0.783. The maximum atomic E-state index is 13.0. The summed E-state index contributed by atoms with van der Waals surface area (Å²) in [6, 6.07) is 4.46. The number of carbonyl (C=O) groups is 2. The molecule has 0 saturated carbocycles. The van der Waals surface area contributed by atoms with Crippen LogP contribution in [0.4, 0.5) is 4.39 Å². The molecule has 1 aromatic carbocycles. The molecule has 24 heavy (non-hydrogen) atoms. The van der Waals surface area contributed by atoms with Crippen LogP contribution in [-0.2, 0) is 9.53 Å². The monoisotopic (exact) mass is 338 g/mol. The number of aliphatic hydroxyl groups excluding tert-OH is 1. The van der Waals surface area contributed by atoms with Crippen LogP contribution in [0.5, 0.6) is 0 Å². The number of hydrogen-bond acceptors (Lipinski definition) is 4. The molecule has 1 aliphatic heterocycles. The molecular weight excluding hydrogens is 315 g/mol. The normalized spacial score (nSPS) is 20.2. The van der Waals surface area contributed by atoms with E-state index in [1.807, 2.05) is 0 Å². The van der Waals surface area contributed by atoms with E-state index in [0.29, 0.717) is 25.1 Å². The lowest BCUT2D eigenvalue weighted by molar-refractivity contribution is -0.134. The van der Waals surface area contributed by atoms with E-state index in [1.54, 1.807) is 19.1 Å². The van der Waals surface area contributed by atoms with Crippen LogP contribution in [-0.4, -0.2) is 72.7 Å². The molecule has 1 fully saturated rings. The van der Waals surface area contributed by atoms with E-state index in [9.17, 15) is 19.1 Å². The number of nitrogens with zero attached hydrogens (tertiary/aromatic N) is 2. The molecule has 6 nitrogen and oxygen atoms in total. The van der Waals surface area contributed by atoms with Crippen molar-refractivity contribution < 1.29 is 23.8 Å². The largest absolute Gasteiger partial charge is 0.391 e. The summed E-state index contributed by atoms with van der Waals surface area (Å²) in [5, 5.41) is 9.91. The lowest BCUT2D eigenvalue weighted by Crippen LogP contribution is -2.46. The lowest BCUT2D eigenvalue weighted by atomic mass is 10.1. The van der Waals surface area contributed by atoms with Crippen molar-refractivity contribution in [2.75, 3.05) is 33.9 Å². The third-order valence-electron chi connectivity index (χ3n) is 4.13. The zero-order chi connectivity index (χ0) is 17.7. The average Bonchev–Trinajstić information content (AvgIpc) is 2.96. The van der Waals surface area contributed by atoms with E-state index in [-0.39, 0.29) is 24.8 Å². The first-order chi connectivity index (χ1) is 11.4. The number of methoxy groups -OCH3 is 1. The summed E-state index contributed by atoms with van der Waals surface area (Å²) in [5.74, 6) is -1.02. The molecule has 2 rings (SSSR count). The maximum absolute atomic E-state index is 13.0. The van der Waals surface area contributed by atoms with Gasteiger partial charge < -0.3 is 19.6 Å². The highest BCUT2D eigenvalue weighted by Crippen LogP contribution is 2.22. The van der Waals surface area contributed by atoms with E-state index in [0.717, 1.165) is 0 Å². The van der Waals surface area contributed by atoms with Crippen LogP contribution in [0.3, 0.4) is 0 Å². The highest BCUT2D eigenvalue weighted by atomic mass is 19.1. The fourth-order valence-corrected chi connectivity index (χ4v) is 2.84. The van der Waals surface area contributed by atoms with Crippen molar-refractivity contribution in [2.24, 2.45) is 0 Å². The fraction of sp³-hybridized carbons (Fsp3) is 0.529. The smallest absolute Gasteiger partial charge is 0.254 e. The number of β-amino-alcohol motifs (C(OH)–C–C–N with tert-alkyl or cyclic N) is 1. The number of carbonyl (C=O) groups excluding carboxylic acids is 2. The minimum Gasteiger partial charge on any atom is -0.391 e. The van der Waals surface area contributed by atoms with Crippen molar-refractivity contribution in [3.05, 3.63) is 35.6 Å². The van der Waals surface area contributed by atoms with Crippen LogP contribution in [0.15, 0.2) is 24.3 Å². The topological polar surface area (TPSA) is 70.1 Å². The predicted octanol–water partition coefficient (Wildman–Crippen LogP) is 0.896. The first-order valence-electron chi connectivity index (χ1n) is 7.92. The van der Waals surface area contributed by atoms with Crippen LogP contribution in [0.2, 0.25) is 0 Å². The van der Waals surface area contributed by atoms with Crippen LogP contribution in [0.25, 0.3) is 0 Å². The van der Waals surface area contributed by atoms with Crippen molar-refractivity contribution in [1.29, 1.82) is 0 Å². The summed E-state index contributed by atoms with van der Waals surface area (Å²) in [5.41, 5.74) is 0.297.